The zero-order chi connectivity index (χ0) is 14.1. The fourth-order valence-corrected chi connectivity index (χ4v) is 2.75. The Morgan fingerprint density at radius 2 is 2.05 bits per heavy atom. The quantitative estimate of drug-likeness (QED) is 0.795. The summed E-state index contributed by atoms with van der Waals surface area (Å²) in [6, 6.07) is 13.4. The maximum Gasteiger partial charge on any atom is 0.259 e. The first kappa shape index (κ1) is 13.2. The maximum absolute atomic E-state index is 12.8. The number of carbonyl (C=O) groups is 1. The largest absolute Gasteiger partial charge is 0.490 e. The Balaban J connectivity index is 2.02. The monoisotopic (exact) mass is 331 g/mol. The Morgan fingerprint density at radius 3 is 2.90 bits per heavy atom. The van der Waals surface area contributed by atoms with E-state index in [-0.39, 0.29) is 5.91 Å². The lowest BCUT2D eigenvalue weighted by Gasteiger charge is -2.29. The van der Waals surface area contributed by atoms with E-state index in [0.29, 0.717) is 18.7 Å². The molecule has 0 atom stereocenters. The van der Waals surface area contributed by atoms with Gasteiger partial charge < -0.3 is 9.64 Å². The van der Waals surface area contributed by atoms with E-state index in [1.165, 1.54) is 0 Å². The molecular formula is C16H14BrNO2. The zero-order valence-electron chi connectivity index (χ0n) is 11.1. The van der Waals surface area contributed by atoms with Gasteiger partial charge in [-0.05, 0) is 47.1 Å². The second-order valence-corrected chi connectivity index (χ2v) is 5.61. The molecule has 4 heteroatoms. The van der Waals surface area contributed by atoms with Crippen LogP contribution in [0.4, 0.5) is 5.69 Å². The molecule has 0 aliphatic carbocycles. The van der Waals surface area contributed by atoms with Gasteiger partial charge in [-0.2, -0.15) is 0 Å². The highest BCUT2D eigenvalue weighted by atomic mass is 79.9. The third kappa shape index (κ3) is 2.31. The van der Waals surface area contributed by atoms with Crippen molar-refractivity contribution in [3.05, 3.63) is 58.1 Å². The van der Waals surface area contributed by atoms with E-state index >= 15 is 0 Å². The van der Waals surface area contributed by atoms with Crippen molar-refractivity contribution in [2.24, 2.45) is 0 Å². The Morgan fingerprint density at radius 1 is 1.25 bits per heavy atom. The van der Waals surface area contributed by atoms with E-state index in [9.17, 15) is 4.79 Å². The number of rotatable bonds is 1. The average molecular weight is 332 g/mol. The number of carbonyl (C=O) groups excluding carboxylic acids is 1. The van der Waals surface area contributed by atoms with Gasteiger partial charge in [-0.25, -0.2) is 0 Å². The lowest BCUT2D eigenvalue weighted by molar-refractivity contribution is 0.0976. The molecule has 3 rings (SSSR count). The van der Waals surface area contributed by atoms with Crippen molar-refractivity contribution in [1.29, 1.82) is 0 Å². The van der Waals surface area contributed by atoms with Gasteiger partial charge in [-0.15, -0.1) is 0 Å². The number of hydrogen-bond acceptors (Lipinski definition) is 2. The molecule has 1 amide bonds. The molecule has 20 heavy (non-hydrogen) atoms. The highest BCUT2D eigenvalue weighted by Crippen LogP contribution is 2.33. The van der Waals surface area contributed by atoms with Gasteiger partial charge >= 0.3 is 0 Å². The Kier molecular flexibility index (Phi) is 3.49. The second-order valence-electron chi connectivity index (χ2n) is 4.76. The molecule has 1 heterocycles. The summed E-state index contributed by atoms with van der Waals surface area (Å²) in [5, 5.41) is 0. The molecule has 0 N–H and O–H groups in total. The SMILES string of the molecule is Cc1ccc(Br)c(C(=O)N2CCOc3ccccc32)c1. The number of hydrogen-bond donors (Lipinski definition) is 0. The minimum absolute atomic E-state index is 0.00340. The molecule has 0 aromatic heterocycles. The molecule has 2 aromatic rings. The highest BCUT2D eigenvalue weighted by Gasteiger charge is 2.25. The van der Waals surface area contributed by atoms with Gasteiger partial charge in [0.25, 0.3) is 5.91 Å². The predicted octanol–water partition coefficient (Wildman–Crippen LogP) is 3.80. The summed E-state index contributed by atoms with van der Waals surface area (Å²) in [4.78, 5) is 14.6. The van der Waals surface area contributed by atoms with E-state index in [1.54, 1.807) is 4.90 Å². The zero-order valence-corrected chi connectivity index (χ0v) is 12.7. The topological polar surface area (TPSA) is 29.5 Å². The molecule has 0 saturated heterocycles. The lowest BCUT2D eigenvalue weighted by atomic mass is 10.1. The van der Waals surface area contributed by atoms with Crippen molar-refractivity contribution in [1.82, 2.24) is 0 Å². The number of aryl methyl sites for hydroxylation is 1. The van der Waals surface area contributed by atoms with Crippen LogP contribution in [0.2, 0.25) is 0 Å². The number of para-hydroxylation sites is 2. The number of benzene rings is 2. The van der Waals surface area contributed by atoms with Crippen LogP contribution in [0.25, 0.3) is 0 Å². The minimum atomic E-state index is -0.00340. The van der Waals surface area contributed by atoms with Crippen molar-refractivity contribution < 1.29 is 9.53 Å². The average Bonchev–Trinajstić information content (AvgIpc) is 2.48. The summed E-state index contributed by atoms with van der Waals surface area (Å²) in [5.74, 6) is 0.757. The highest BCUT2D eigenvalue weighted by molar-refractivity contribution is 9.10. The van der Waals surface area contributed by atoms with Gasteiger partial charge in [0.15, 0.2) is 0 Å². The van der Waals surface area contributed by atoms with Crippen LogP contribution in [-0.2, 0) is 0 Å². The fraction of sp³-hybridized carbons (Fsp3) is 0.188. The molecule has 2 aromatic carbocycles. The van der Waals surface area contributed by atoms with Gasteiger partial charge in [0.2, 0.25) is 0 Å². The van der Waals surface area contributed by atoms with Gasteiger partial charge in [-0.3, -0.25) is 4.79 Å². The number of halogens is 1. The standard InChI is InChI=1S/C16H14BrNO2/c1-11-6-7-13(17)12(10-11)16(19)18-8-9-20-15-5-3-2-4-14(15)18/h2-7,10H,8-9H2,1H3. The van der Waals surface area contributed by atoms with Crippen LogP contribution < -0.4 is 9.64 Å². The number of amides is 1. The number of nitrogens with zero attached hydrogens (tertiary/aromatic N) is 1. The van der Waals surface area contributed by atoms with Crippen LogP contribution in [0.5, 0.6) is 5.75 Å². The lowest BCUT2D eigenvalue weighted by Crippen LogP contribution is -2.38. The predicted molar refractivity (Wildman–Crippen MR) is 82.5 cm³/mol. The molecule has 0 fully saturated rings. The van der Waals surface area contributed by atoms with Gasteiger partial charge in [0.05, 0.1) is 17.8 Å². The summed E-state index contributed by atoms with van der Waals surface area (Å²) in [6.45, 7) is 3.07. The van der Waals surface area contributed by atoms with Crippen LogP contribution in [0.15, 0.2) is 46.9 Å². The molecule has 102 valence electrons. The molecule has 0 bridgehead atoms. The maximum atomic E-state index is 12.8. The summed E-state index contributed by atoms with van der Waals surface area (Å²) in [6.07, 6.45) is 0. The van der Waals surface area contributed by atoms with Crippen molar-refractivity contribution in [2.75, 3.05) is 18.1 Å². The molecular weight excluding hydrogens is 318 g/mol. The third-order valence-corrected chi connectivity index (χ3v) is 4.02. The smallest absolute Gasteiger partial charge is 0.259 e. The summed E-state index contributed by atoms with van der Waals surface area (Å²) >= 11 is 3.46. The fourth-order valence-electron chi connectivity index (χ4n) is 2.33. The first-order valence-electron chi connectivity index (χ1n) is 6.46. The molecule has 0 saturated carbocycles. The first-order chi connectivity index (χ1) is 9.66. The van der Waals surface area contributed by atoms with E-state index in [4.69, 9.17) is 4.74 Å². The Hall–Kier alpha value is -1.81. The molecule has 1 aliphatic rings. The molecule has 3 nitrogen and oxygen atoms in total. The van der Waals surface area contributed by atoms with Crippen LogP contribution in [0.1, 0.15) is 15.9 Å². The van der Waals surface area contributed by atoms with Crippen LogP contribution in [0, 0.1) is 6.92 Å². The normalized spacial score (nSPS) is 13.6. The molecule has 0 unspecified atom stereocenters. The minimum Gasteiger partial charge on any atom is -0.490 e. The van der Waals surface area contributed by atoms with E-state index in [0.717, 1.165) is 21.5 Å². The number of ether oxygens (including phenoxy) is 1. The molecule has 0 spiro atoms. The van der Waals surface area contributed by atoms with Gasteiger partial charge in [0.1, 0.15) is 12.4 Å². The number of anilines is 1. The van der Waals surface area contributed by atoms with E-state index < -0.39 is 0 Å². The van der Waals surface area contributed by atoms with Crippen molar-refractivity contribution in [3.63, 3.8) is 0 Å². The van der Waals surface area contributed by atoms with Gasteiger partial charge in [0, 0.05) is 4.47 Å². The van der Waals surface area contributed by atoms with Crippen LogP contribution in [0.3, 0.4) is 0 Å². The molecule has 0 radical (unpaired) electrons. The Bertz CT molecular complexity index is 669. The number of fused-ring (bicyclic) bond motifs is 1. The summed E-state index contributed by atoms with van der Waals surface area (Å²) in [5.41, 5.74) is 2.58. The van der Waals surface area contributed by atoms with E-state index in [1.807, 2.05) is 49.4 Å². The Labute approximate surface area is 126 Å². The van der Waals surface area contributed by atoms with Crippen molar-refractivity contribution in [2.45, 2.75) is 6.92 Å². The van der Waals surface area contributed by atoms with Gasteiger partial charge in [-0.1, -0.05) is 23.8 Å². The summed E-state index contributed by atoms with van der Waals surface area (Å²) < 4.78 is 6.40. The second kappa shape index (κ2) is 5.29. The van der Waals surface area contributed by atoms with Crippen LogP contribution in [-0.4, -0.2) is 19.1 Å². The third-order valence-electron chi connectivity index (χ3n) is 3.33. The molecule has 1 aliphatic heterocycles. The van der Waals surface area contributed by atoms with Crippen molar-refractivity contribution >= 4 is 27.5 Å². The van der Waals surface area contributed by atoms with Crippen molar-refractivity contribution in [3.8, 4) is 5.75 Å². The van der Waals surface area contributed by atoms with Crippen LogP contribution >= 0.6 is 15.9 Å². The first-order valence-corrected chi connectivity index (χ1v) is 7.26. The summed E-state index contributed by atoms with van der Waals surface area (Å²) in [7, 11) is 0. The van der Waals surface area contributed by atoms with E-state index in [2.05, 4.69) is 15.9 Å².